The Balaban J connectivity index is 1.92. The van der Waals surface area contributed by atoms with Crippen molar-refractivity contribution in [2.45, 2.75) is 17.4 Å². The summed E-state index contributed by atoms with van der Waals surface area (Å²) in [4.78, 5) is 33.7. The van der Waals surface area contributed by atoms with Gasteiger partial charge in [-0.1, -0.05) is 0 Å². The molecule has 1 aliphatic rings. The van der Waals surface area contributed by atoms with Crippen molar-refractivity contribution in [1.82, 2.24) is 14.9 Å². The maximum Gasteiger partial charge on any atom is 0.332 e. The third kappa shape index (κ3) is 2.48. The van der Waals surface area contributed by atoms with E-state index in [1.54, 1.807) is 23.9 Å². The van der Waals surface area contributed by atoms with Crippen LogP contribution in [0.15, 0.2) is 35.5 Å². The molecule has 7 heteroatoms. The lowest BCUT2D eigenvalue weighted by atomic mass is 10.0. The van der Waals surface area contributed by atoms with Crippen molar-refractivity contribution < 1.29 is 14.7 Å². The van der Waals surface area contributed by atoms with Crippen LogP contribution in [-0.2, 0) is 11.2 Å². The van der Waals surface area contributed by atoms with Gasteiger partial charge in [0.05, 0.1) is 12.0 Å². The van der Waals surface area contributed by atoms with E-state index >= 15 is 0 Å². The Morgan fingerprint density at radius 2 is 2.09 bits per heavy atom. The summed E-state index contributed by atoms with van der Waals surface area (Å²) in [6.07, 6.45) is 4.01. The largest absolute Gasteiger partial charge is 0.479 e. The summed E-state index contributed by atoms with van der Waals surface area (Å²) >= 11 is 1.59. The van der Waals surface area contributed by atoms with Crippen LogP contribution in [0, 0.1) is 0 Å². The summed E-state index contributed by atoms with van der Waals surface area (Å²) in [7, 11) is 0. The Bertz CT molecular complexity index is 711. The van der Waals surface area contributed by atoms with Crippen LogP contribution >= 0.6 is 11.8 Å². The van der Waals surface area contributed by atoms with Crippen molar-refractivity contribution in [2.24, 2.45) is 0 Å². The van der Waals surface area contributed by atoms with E-state index in [4.69, 9.17) is 0 Å². The second-order valence-electron chi connectivity index (χ2n) is 4.98. The van der Waals surface area contributed by atoms with Crippen molar-refractivity contribution in [3.63, 3.8) is 0 Å². The van der Waals surface area contributed by atoms with Gasteiger partial charge in [0.1, 0.15) is 0 Å². The number of nitrogens with one attached hydrogen (secondary N) is 1. The summed E-state index contributed by atoms with van der Waals surface area (Å²) in [5.41, 5.74) is 1.70. The molecule has 1 amide bonds. The number of rotatable bonds is 3. The van der Waals surface area contributed by atoms with Gasteiger partial charge in [0, 0.05) is 29.1 Å². The zero-order valence-corrected chi connectivity index (χ0v) is 12.8. The van der Waals surface area contributed by atoms with Gasteiger partial charge in [-0.25, -0.2) is 9.78 Å². The molecule has 1 aromatic carbocycles. The van der Waals surface area contributed by atoms with E-state index in [0.29, 0.717) is 24.2 Å². The fraction of sp³-hybridized carbons (Fsp3) is 0.267. The van der Waals surface area contributed by atoms with Gasteiger partial charge in [0.25, 0.3) is 5.91 Å². The molecule has 1 aliphatic heterocycles. The Morgan fingerprint density at radius 1 is 1.36 bits per heavy atom. The van der Waals surface area contributed by atoms with Crippen molar-refractivity contribution in [2.75, 3.05) is 12.8 Å². The maximum absolute atomic E-state index is 12.7. The van der Waals surface area contributed by atoms with Gasteiger partial charge in [-0.15, -0.1) is 11.8 Å². The van der Waals surface area contributed by atoms with E-state index in [1.165, 1.54) is 11.2 Å². The number of carbonyl (C=O) groups excluding carboxylic acids is 1. The minimum absolute atomic E-state index is 0.284. The van der Waals surface area contributed by atoms with Crippen LogP contribution in [0.2, 0.25) is 0 Å². The average molecular weight is 317 g/mol. The monoisotopic (exact) mass is 317 g/mol. The van der Waals surface area contributed by atoms with E-state index in [9.17, 15) is 14.7 Å². The summed E-state index contributed by atoms with van der Waals surface area (Å²) in [5, 5.41) is 9.50. The number of nitrogens with zero attached hydrogens (tertiary/aromatic N) is 2. The van der Waals surface area contributed by atoms with Gasteiger partial charge >= 0.3 is 5.97 Å². The number of hydrogen-bond acceptors (Lipinski definition) is 4. The van der Waals surface area contributed by atoms with E-state index < -0.39 is 12.0 Å². The fourth-order valence-corrected chi connectivity index (χ4v) is 3.05. The molecular formula is C15H15N3O3S. The third-order valence-electron chi connectivity index (χ3n) is 3.76. The molecule has 0 saturated carbocycles. The summed E-state index contributed by atoms with van der Waals surface area (Å²) in [6, 6.07) is 6.14. The third-order valence-corrected chi connectivity index (χ3v) is 4.50. The molecule has 114 valence electrons. The fourth-order valence-electron chi connectivity index (χ4n) is 2.64. The zero-order chi connectivity index (χ0) is 15.7. The molecule has 2 N–H and O–H groups in total. The van der Waals surface area contributed by atoms with E-state index in [0.717, 1.165) is 10.6 Å². The molecule has 0 radical (unpaired) electrons. The molecular weight excluding hydrogens is 302 g/mol. The Labute approximate surface area is 131 Å². The molecule has 0 aliphatic carbocycles. The number of carboxylic acid groups (broad SMARTS) is 1. The molecule has 6 nitrogen and oxygen atoms in total. The molecule has 0 bridgehead atoms. The Hall–Kier alpha value is -2.28. The van der Waals surface area contributed by atoms with Crippen LogP contribution in [0.1, 0.15) is 27.8 Å². The van der Waals surface area contributed by atoms with Crippen LogP contribution < -0.4 is 0 Å². The first-order chi connectivity index (χ1) is 10.6. The normalized spacial score (nSPS) is 17.1. The van der Waals surface area contributed by atoms with E-state index in [1.807, 2.05) is 18.4 Å². The number of thioether (sulfide) groups is 1. The summed E-state index contributed by atoms with van der Waals surface area (Å²) in [6.45, 7) is 0.356. The van der Waals surface area contributed by atoms with E-state index in [-0.39, 0.29) is 5.91 Å². The molecule has 1 atom stereocenters. The number of aliphatic carboxylic acids is 1. The summed E-state index contributed by atoms with van der Waals surface area (Å²) < 4.78 is 0. The molecule has 22 heavy (non-hydrogen) atoms. The van der Waals surface area contributed by atoms with Crippen LogP contribution in [0.3, 0.4) is 0 Å². The predicted octanol–water partition coefficient (Wildman–Crippen LogP) is 1.96. The number of amides is 1. The first-order valence-electron chi connectivity index (χ1n) is 6.82. The SMILES string of the molecule is CSc1ccc(C(=O)N2CCc3[nH]cnc3C2C(=O)O)cc1. The molecule has 3 rings (SSSR count). The number of imidazole rings is 1. The van der Waals surface area contributed by atoms with Crippen molar-refractivity contribution >= 4 is 23.6 Å². The molecule has 1 aromatic heterocycles. The molecule has 0 spiro atoms. The van der Waals surface area contributed by atoms with Crippen LogP contribution in [-0.4, -0.2) is 44.7 Å². The van der Waals surface area contributed by atoms with Gasteiger partial charge in [0.2, 0.25) is 0 Å². The number of aromatic amines is 1. The Morgan fingerprint density at radius 3 is 2.73 bits per heavy atom. The van der Waals surface area contributed by atoms with Gasteiger partial charge in [0.15, 0.2) is 6.04 Å². The molecule has 0 saturated heterocycles. The van der Waals surface area contributed by atoms with E-state index in [2.05, 4.69) is 9.97 Å². The standard InChI is InChI=1S/C15H15N3O3S/c1-22-10-4-2-9(3-5-10)14(19)18-7-6-11-12(17-8-16-11)13(18)15(20)21/h2-5,8,13H,6-7H2,1H3,(H,16,17)(H,20,21). The first-order valence-corrected chi connectivity index (χ1v) is 8.04. The number of aromatic nitrogens is 2. The second kappa shape index (κ2) is 5.84. The molecule has 1 unspecified atom stereocenters. The number of benzene rings is 1. The van der Waals surface area contributed by atoms with Gasteiger partial charge in [-0.2, -0.15) is 0 Å². The lowest BCUT2D eigenvalue weighted by Gasteiger charge is -2.32. The highest BCUT2D eigenvalue weighted by Gasteiger charge is 2.38. The first kappa shape index (κ1) is 14.6. The minimum atomic E-state index is -1.07. The van der Waals surface area contributed by atoms with Crippen LogP contribution in [0.5, 0.6) is 0 Å². The van der Waals surface area contributed by atoms with Crippen LogP contribution in [0.25, 0.3) is 0 Å². The minimum Gasteiger partial charge on any atom is -0.479 e. The molecule has 2 aromatic rings. The molecule has 0 fully saturated rings. The van der Waals surface area contributed by atoms with Gasteiger partial charge < -0.3 is 15.0 Å². The van der Waals surface area contributed by atoms with Crippen LogP contribution in [0.4, 0.5) is 0 Å². The molecule has 2 heterocycles. The number of H-pyrrole nitrogens is 1. The number of fused-ring (bicyclic) bond motifs is 1. The topological polar surface area (TPSA) is 86.3 Å². The highest BCUT2D eigenvalue weighted by atomic mass is 32.2. The number of carboxylic acids is 1. The lowest BCUT2D eigenvalue weighted by molar-refractivity contribution is -0.143. The van der Waals surface area contributed by atoms with Crippen molar-refractivity contribution in [1.29, 1.82) is 0 Å². The Kier molecular flexibility index (Phi) is 3.89. The highest BCUT2D eigenvalue weighted by Crippen LogP contribution is 2.29. The smallest absolute Gasteiger partial charge is 0.332 e. The maximum atomic E-state index is 12.7. The average Bonchev–Trinajstić information content (AvgIpc) is 3.01. The lowest BCUT2D eigenvalue weighted by Crippen LogP contribution is -2.43. The van der Waals surface area contributed by atoms with Crippen molar-refractivity contribution in [3.05, 3.63) is 47.5 Å². The predicted molar refractivity (Wildman–Crippen MR) is 81.9 cm³/mol. The highest BCUT2D eigenvalue weighted by molar-refractivity contribution is 7.98. The number of carbonyl (C=O) groups is 2. The summed E-state index contributed by atoms with van der Waals surface area (Å²) in [5.74, 6) is -1.35. The van der Waals surface area contributed by atoms with Crippen molar-refractivity contribution in [3.8, 4) is 0 Å². The quantitative estimate of drug-likeness (QED) is 0.845. The van der Waals surface area contributed by atoms with Gasteiger partial charge in [-0.05, 0) is 30.5 Å². The van der Waals surface area contributed by atoms with Gasteiger partial charge in [-0.3, -0.25) is 4.79 Å². The second-order valence-corrected chi connectivity index (χ2v) is 5.86. The number of hydrogen-bond donors (Lipinski definition) is 2. The zero-order valence-electron chi connectivity index (χ0n) is 11.9.